The minimum Gasteiger partial charge on any atom is -0.490 e. The molecule has 1 aromatic heterocycles. The van der Waals surface area contributed by atoms with E-state index in [2.05, 4.69) is 4.98 Å². The van der Waals surface area contributed by atoms with E-state index >= 15 is 0 Å². The summed E-state index contributed by atoms with van der Waals surface area (Å²) < 4.78 is 7.54. The Morgan fingerprint density at radius 1 is 1.44 bits per heavy atom. The van der Waals surface area contributed by atoms with E-state index in [1.807, 2.05) is 42.1 Å². The number of aromatic nitrogens is 2. The summed E-state index contributed by atoms with van der Waals surface area (Å²) in [4.78, 5) is 4.17. The molecule has 0 aliphatic heterocycles. The van der Waals surface area contributed by atoms with E-state index in [1.54, 1.807) is 6.33 Å². The van der Waals surface area contributed by atoms with E-state index in [-0.39, 0.29) is 0 Å². The number of imidazole rings is 1. The van der Waals surface area contributed by atoms with Crippen LogP contribution in [-0.2, 0) is 7.05 Å². The van der Waals surface area contributed by atoms with Crippen LogP contribution in [0.15, 0.2) is 36.8 Å². The molecule has 4 nitrogen and oxygen atoms in total. The highest BCUT2D eigenvalue weighted by Gasteiger charge is 2.23. The van der Waals surface area contributed by atoms with E-state index in [0.29, 0.717) is 11.8 Å². The van der Waals surface area contributed by atoms with Crippen molar-refractivity contribution >= 4 is 0 Å². The van der Waals surface area contributed by atoms with Gasteiger partial charge < -0.3 is 14.4 Å². The first kappa shape index (κ1) is 11.3. The molecule has 1 aliphatic rings. The third-order valence-corrected chi connectivity index (χ3v) is 3.01. The molecule has 0 saturated heterocycles. The molecule has 1 fully saturated rings. The minimum atomic E-state index is -0.700. The molecule has 1 N–H and O–H groups in total. The van der Waals surface area contributed by atoms with Crippen LogP contribution in [0.3, 0.4) is 0 Å². The van der Waals surface area contributed by atoms with Gasteiger partial charge in [-0.2, -0.15) is 0 Å². The third-order valence-electron chi connectivity index (χ3n) is 3.01. The van der Waals surface area contributed by atoms with E-state index in [4.69, 9.17) is 4.74 Å². The Morgan fingerprint density at radius 2 is 2.28 bits per heavy atom. The van der Waals surface area contributed by atoms with Gasteiger partial charge in [0.25, 0.3) is 0 Å². The van der Waals surface area contributed by atoms with Crippen LogP contribution in [0.1, 0.15) is 30.2 Å². The molecule has 1 heterocycles. The predicted molar refractivity (Wildman–Crippen MR) is 67.4 cm³/mol. The molecule has 1 saturated carbocycles. The second kappa shape index (κ2) is 4.46. The highest BCUT2D eigenvalue weighted by atomic mass is 16.5. The smallest absolute Gasteiger partial charge is 0.123 e. The van der Waals surface area contributed by atoms with Crippen LogP contribution < -0.4 is 4.74 Å². The van der Waals surface area contributed by atoms with Crippen LogP contribution in [0.2, 0.25) is 0 Å². The van der Waals surface area contributed by atoms with E-state index in [0.717, 1.165) is 24.2 Å². The summed E-state index contributed by atoms with van der Waals surface area (Å²) in [6.07, 6.45) is 5.43. The topological polar surface area (TPSA) is 47.3 Å². The van der Waals surface area contributed by atoms with Crippen molar-refractivity contribution < 1.29 is 9.84 Å². The van der Waals surface area contributed by atoms with Crippen LogP contribution in [0.25, 0.3) is 0 Å². The molecule has 0 spiro atoms. The number of benzene rings is 1. The molecule has 1 atom stereocenters. The minimum absolute atomic E-state index is 0.368. The molecular formula is C14H16N2O2. The van der Waals surface area contributed by atoms with Gasteiger partial charge in [-0.05, 0) is 30.5 Å². The van der Waals surface area contributed by atoms with Crippen molar-refractivity contribution in [2.24, 2.45) is 7.05 Å². The van der Waals surface area contributed by atoms with Gasteiger partial charge in [0.05, 0.1) is 18.1 Å². The molecule has 18 heavy (non-hydrogen) atoms. The quantitative estimate of drug-likeness (QED) is 0.895. The fourth-order valence-corrected chi connectivity index (χ4v) is 1.88. The van der Waals surface area contributed by atoms with Crippen molar-refractivity contribution in [1.82, 2.24) is 9.55 Å². The van der Waals surface area contributed by atoms with E-state index in [1.165, 1.54) is 0 Å². The molecule has 4 heteroatoms. The fourth-order valence-electron chi connectivity index (χ4n) is 1.88. The standard InChI is InChI=1S/C14H16N2O2/c1-16-8-13(15-9-16)14(17)10-3-2-4-12(7-10)18-11-5-6-11/h2-4,7-9,11,14,17H,5-6H2,1H3. The SMILES string of the molecule is Cn1cnc(C(O)c2cccc(OC3CC3)c2)c1. The number of aliphatic hydroxyl groups is 1. The largest absolute Gasteiger partial charge is 0.490 e. The van der Waals surface area contributed by atoms with Gasteiger partial charge in [0.15, 0.2) is 0 Å². The average molecular weight is 244 g/mol. The van der Waals surface area contributed by atoms with Crippen LogP contribution >= 0.6 is 0 Å². The second-order valence-electron chi connectivity index (χ2n) is 4.76. The summed E-state index contributed by atoms with van der Waals surface area (Å²) >= 11 is 0. The van der Waals surface area contributed by atoms with Gasteiger partial charge in [0.2, 0.25) is 0 Å². The maximum Gasteiger partial charge on any atom is 0.123 e. The number of hydrogen-bond donors (Lipinski definition) is 1. The van der Waals surface area contributed by atoms with Crippen LogP contribution in [0, 0.1) is 0 Å². The van der Waals surface area contributed by atoms with Crippen molar-refractivity contribution in [3.05, 3.63) is 48.0 Å². The number of hydrogen-bond acceptors (Lipinski definition) is 3. The summed E-state index contributed by atoms with van der Waals surface area (Å²) in [7, 11) is 1.88. The highest BCUT2D eigenvalue weighted by molar-refractivity contribution is 5.33. The lowest BCUT2D eigenvalue weighted by molar-refractivity contribution is 0.214. The van der Waals surface area contributed by atoms with Gasteiger partial charge in [-0.1, -0.05) is 12.1 Å². The Labute approximate surface area is 106 Å². The van der Waals surface area contributed by atoms with Crippen LogP contribution in [0.4, 0.5) is 0 Å². The second-order valence-corrected chi connectivity index (χ2v) is 4.76. The summed E-state index contributed by atoms with van der Waals surface area (Å²) in [5.74, 6) is 0.824. The molecule has 1 aliphatic carbocycles. The third kappa shape index (κ3) is 2.38. The number of aryl methyl sites for hydroxylation is 1. The van der Waals surface area contributed by atoms with Crippen molar-refractivity contribution in [3.8, 4) is 5.75 Å². The molecule has 0 bridgehead atoms. The zero-order valence-electron chi connectivity index (χ0n) is 10.3. The van der Waals surface area contributed by atoms with Gasteiger partial charge in [-0.25, -0.2) is 4.98 Å². The predicted octanol–water partition coefficient (Wildman–Crippen LogP) is 2.04. The van der Waals surface area contributed by atoms with Gasteiger partial charge >= 0.3 is 0 Å². The van der Waals surface area contributed by atoms with Crippen molar-refractivity contribution in [2.45, 2.75) is 25.0 Å². The number of rotatable bonds is 4. The van der Waals surface area contributed by atoms with Crippen molar-refractivity contribution in [1.29, 1.82) is 0 Å². The van der Waals surface area contributed by atoms with E-state index < -0.39 is 6.10 Å². The Balaban J connectivity index is 1.81. The number of aliphatic hydroxyl groups excluding tert-OH is 1. The van der Waals surface area contributed by atoms with Crippen LogP contribution in [0.5, 0.6) is 5.75 Å². The van der Waals surface area contributed by atoms with Crippen LogP contribution in [-0.4, -0.2) is 20.8 Å². The summed E-state index contributed by atoms with van der Waals surface area (Å²) in [5.41, 5.74) is 1.47. The molecular weight excluding hydrogens is 228 g/mol. The monoisotopic (exact) mass is 244 g/mol. The molecule has 2 aromatic rings. The van der Waals surface area contributed by atoms with Crippen molar-refractivity contribution in [3.63, 3.8) is 0 Å². The lowest BCUT2D eigenvalue weighted by Crippen LogP contribution is -2.02. The highest BCUT2D eigenvalue weighted by Crippen LogP contribution is 2.29. The molecule has 0 radical (unpaired) electrons. The molecule has 94 valence electrons. The average Bonchev–Trinajstić information content (AvgIpc) is 3.08. The number of nitrogens with zero attached hydrogens (tertiary/aromatic N) is 2. The summed E-state index contributed by atoms with van der Waals surface area (Å²) in [6.45, 7) is 0. The Kier molecular flexibility index (Phi) is 2.80. The normalized spacial score (nSPS) is 16.6. The Hall–Kier alpha value is -1.81. The first-order valence-electron chi connectivity index (χ1n) is 6.15. The molecule has 0 amide bonds. The van der Waals surface area contributed by atoms with Gasteiger partial charge in [0.1, 0.15) is 11.9 Å². The fraction of sp³-hybridized carbons (Fsp3) is 0.357. The summed E-state index contributed by atoms with van der Waals surface area (Å²) in [5, 5.41) is 10.2. The molecule has 1 aromatic carbocycles. The van der Waals surface area contributed by atoms with E-state index in [9.17, 15) is 5.11 Å². The zero-order valence-corrected chi connectivity index (χ0v) is 10.3. The molecule has 3 rings (SSSR count). The Morgan fingerprint density at radius 3 is 2.94 bits per heavy atom. The Bertz CT molecular complexity index is 546. The lowest BCUT2D eigenvalue weighted by atomic mass is 10.1. The molecule has 1 unspecified atom stereocenters. The lowest BCUT2D eigenvalue weighted by Gasteiger charge is -2.10. The first-order chi connectivity index (χ1) is 8.72. The maximum atomic E-state index is 10.2. The summed E-state index contributed by atoms with van der Waals surface area (Å²) in [6, 6.07) is 7.60. The van der Waals surface area contributed by atoms with Gasteiger partial charge in [0, 0.05) is 13.2 Å². The first-order valence-corrected chi connectivity index (χ1v) is 6.15. The zero-order chi connectivity index (χ0) is 12.5. The maximum absolute atomic E-state index is 10.2. The van der Waals surface area contributed by atoms with Gasteiger partial charge in [-0.3, -0.25) is 0 Å². The van der Waals surface area contributed by atoms with Crippen molar-refractivity contribution in [2.75, 3.05) is 0 Å². The van der Waals surface area contributed by atoms with Gasteiger partial charge in [-0.15, -0.1) is 0 Å². The number of ether oxygens (including phenoxy) is 1.